The second-order valence-corrected chi connectivity index (χ2v) is 5.75. The summed E-state index contributed by atoms with van der Waals surface area (Å²) >= 11 is 0. The lowest BCUT2D eigenvalue weighted by atomic mass is 10.0. The zero-order chi connectivity index (χ0) is 15.4. The Labute approximate surface area is 127 Å². The van der Waals surface area contributed by atoms with E-state index < -0.39 is 0 Å². The third kappa shape index (κ3) is 3.67. The molecule has 2 aromatic rings. The zero-order valence-electron chi connectivity index (χ0n) is 13.3. The predicted molar refractivity (Wildman–Crippen MR) is 85.6 cm³/mol. The van der Waals surface area contributed by atoms with Crippen molar-refractivity contribution in [3.8, 4) is 5.75 Å². The number of nitrogens with two attached hydrogens (primary N) is 1. The number of ether oxygens (including phenoxy) is 1. The van der Waals surface area contributed by atoms with Gasteiger partial charge in [0.1, 0.15) is 17.3 Å². The van der Waals surface area contributed by atoms with E-state index in [9.17, 15) is 0 Å². The summed E-state index contributed by atoms with van der Waals surface area (Å²) in [7, 11) is 0. The van der Waals surface area contributed by atoms with Gasteiger partial charge in [-0.1, -0.05) is 39.0 Å². The molecule has 1 aromatic carbocycles. The Kier molecular flexibility index (Phi) is 5.07. The molecule has 0 amide bonds. The molecule has 0 aliphatic carbocycles. The van der Waals surface area contributed by atoms with Crippen LogP contribution in [0.15, 0.2) is 40.8 Å². The van der Waals surface area contributed by atoms with Gasteiger partial charge in [-0.3, -0.25) is 0 Å². The number of para-hydroxylation sites is 1. The van der Waals surface area contributed by atoms with Crippen molar-refractivity contribution < 1.29 is 9.15 Å². The first-order valence-corrected chi connectivity index (χ1v) is 7.60. The van der Waals surface area contributed by atoms with Crippen molar-refractivity contribution in [3.63, 3.8) is 0 Å². The highest BCUT2D eigenvalue weighted by molar-refractivity contribution is 5.36. The molecule has 3 nitrogen and oxygen atoms in total. The maximum atomic E-state index is 6.25. The normalized spacial score (nSPS) is 14.2. The van der Waals surface area contributed by atoms with E-state index in [-0.39, 0.29) is 12.1 Å². The van der Waals surface area contributed by atoms with Crippen LogP contribution >= 0.6 is 0 Å². The molecule has 2 atom stereocenters. The quantitative estimate of drug-likeness (QED) is 0.846. The van der Waals surface area contributed by atoms with Gasteiger partial charge in [0.15, 0.2) is 6.10 Å². The first kappa shape index (κ1) is 15.6. The van der Waals surface area contributed by atoms with Gasteiger partial charge in [-0.25, -0.2) is 0 Å². The summed E-state index contributed by atoms with van der Waals surface area (Å²) in [5.41, 5.74) is 7.44. The highest BCUT2D eigenvalue weighted by Gasteiger charge is 2.25. The predicted octanol–water partition coefficient (Wildman–Crippen LogP) is 4.57. The van der Waals surface area contributed by atoms with Crippen LogP contribution in [0.2, 0.25) is 0 Å². The van der Waals surface area contributed by atoms with Crippen LogP contribution in [-0.2, 0) is 0 Å². The molecule has 0 fully saturated rings. The maximum Gasteiger partial charge on any atom is 0.171 e. The van der Waals surface area contributed by atoms with Crippen molar-refractivity contribution in [3.05, 3.63) is 53.5 Å². The molecule has 0 aliphatic heterocycles. The Bertz CT molecular complexity index is 574. The second-order valence-electron chi connectivity index (χ2n) is 5.75. The number of hydrogen-bond donors (Lipinski definition) is 1. The zero-order valence-corrected chi connectivity index (χ0v) is 13.3. The van der Waals surface area contributed by atoms with Crippen LogP contribution in [0.5, 0.6) is 5.75 Å². The molecule has 0 saturated carbocycles. The summed E-state index contributed by atoms with van der Waals surface area (Å²) in [6, 6.07) is 11.9. The van der Waals surface area contributed by atoms with Crippen LogP contribution < -0.4 is 10.5 Å². The van der Waals surface area contributed by atoms with E-state index in [0.29, 0.717) is 5.92 Å². The summed E-state index contributed by atoms with van der Waals surface area (Å²) in [4.78, 5) is 0. The van der Waals surface area contributed by atoms with Crippen molar-refractivity contribution in [1.29, 1.82) is 0 Å². The van der Waals surface area contributed by atoms with Gasteiger partial charge < -0.3 is 14.9 Å². The fourth-order valence-corrected chi connectivity index (χ4v) is 2.38. The smallest absolute Gasteiger partial charge is 0.171 e. The summed E-state index contributed by atoms with van der Waals surface area (Å²) < 4.78 is 12.0. The van der Waals surface area contributed by atoms with Gasteiger partial charge in [0.2, 0.25) is 0 Å². The standard InChI is InChI=1S/C18H25NO2/c1-5-15(19)18(17-11-10-13(4)20-17)21-16-9-7-6-8-14(16)12(2)3/h6-12,15,18H,5,19H2,1-4H3. The molecule has 2 rings (SSSR count). The van der Waals surface area contributed by atoms with Crippen molar-refractivity contribution in [2.24, 2.45) is 5.73 Å². The molecule has 21 heavy (non-hydrogen) atoms. The Hall–Kier alpha value is -1.74. The molecule has 2 N–H and O–H groups in total. The molecule has 1 heterocycles. The first-order valence-electron chi connectivity index (χ1n) is 7.60. The summed E-state index contributed by atoms with van der Waals surface area (Å²) in [5, 5.41) is 0. The van der Waals surface area contributed by atoms with Crippen molar-refractivity contribution in [1.82, 2.24) is 0 Å². The molecule has 0 saturated heterocycles. The Balaban J connectivity index is 2.32. The number of benzene rings is 1. The maximum absolute atomic E-state index is 6.25. The van der Waals surface area contributed by atoms with E-state index in [1.807, 2.05) is 37.3 Å². The van der Waals surface area contributed by atoms with E-state index in [4.69, 9.17) is 14.9 Å². The SMILES string of the molecule is CCC(N)C(Oc1ccccc1C(C)C)c1ccc(C)o1. The summed E-state index contributed by atoms with van der Waals surface area (Å²) in [6.45, 7) is 8.31. The second kappa shape index (κ2) is 6.81. The van der Waals surface area contributed by atoms with Crippen LogP contribution in [-0.4, -0.2) is 6.04 Å². The number of aryl methyl sites for hydroxylation is 1. The van der Waals surface area contributed by atoms with Crippen LogP contribution in [0.1, 0.15) is 56.3 Å². The number of furan rings is 1. The van der Waals surface area contributed by atoms with E-state index in [1.165, 1.54) is 5.56 Å². The molecule has 0 radical (unpaired) electrons. The number of hydrogen-bond acceptors (Lipinski definition) is 3. The van der Waals surface area contributed by atoms with Crippen LogP contribution in [0.4, 0.5) is 0 Å². The minimum atomic E-state index is -0.261. The van der Waals surface area contributed by atoms with Gasteiger partial charge in [-0.05, 0) is 43.0 Å². The minimum absolute atomic E-state index is 0.101. The highest BCUT2D eigenvalue weighted by Crippen LogP contribution is 2.32. The van der Waals surface area contributed by atoms with E-state index in [2.05, 4.69) is 26.8 Å². The summed E-state index contributed by atoms with van der Waals surface area (Å²) in [5.74, 6) is 2.95. The molecule has 0 aliphatic rings. The first-order chi connectivity index (χ1) is 10.0. The topological polar surface area (TPSA) is 48.4 Å². The summed E-state index contributed by atoms with van der Waals surface area (Å²) in [6.07, 6.45) is 0.567. The molecular weight excluding hydrogens is 262 g/mol. The third-order valence-electron chi connectivity index (χ3n) is 3.70. The van der Waals surface area contributed by atoms with Crippen molar-refractivity contribution in [2.75, 3.05) is 0 Å². The van der Waals surface area contributed by atoms with Gasteiger partial charge >= 0.3 is 0 Å². The van der Waals surface area contributed by atoms with Gasteiger partial charge in [-0.2, -0.15) is 0 Å². The molecule has 3 heteroatoms. The molecule has 0 spiro atoms. The van der Waals surface area contributed by atoms with Crippen molar-refractivity contribution >= 4 is 0 Å². The lowest BCUT2D eigenvalue weighted by molar-refractivity contribution is 0.142. The van der Waals surface area contributed by atoms with Gasteiger partial charge in [0.25, 0.3) is 0 Å². The lowest BCUT2D eigenvalue weighted by Gasteiger charge is -2.24. The van der Waals surface area contributed by atoms with Crippen LogP contribution in [0.3, 0.4) is 0 Å². The molecular formula is C18H25NO2. The third-order valence-corrected chi connectivity index (χ3v) is 3.70. The lowest BCUT2D eigenvalue weighted by Crippen LogP contribution is -2.31. The van der Waals surface area contributed by atoms with Crippen molar-refractivity contribution in [2.45, 2.75) is 52.2 Å². The fraction of sp³-hybridized carbons (Fsp3) is 0.444. The molecule has 0 bridgehead atoms. The minimum Gasteiger partial charge on any atom is -0.481 e. The van der Waals surface area contributed by atoms with E-state index in [0.717, 1.165) is 23.7 Å². The van der Waals surface area contributed by atoms with Gasteiger partial charge in [0, 0.05) is 6.04 Å². The average Bonchev–Trinajstić information content (AvgIpc) is 2.90. The highest BCUT2D eigenvalue weighted by atomic mass is 16.5. The molecule has 114 valence electrons. The largest absolute Gasteiger partial charge is 0.481 e. The molecule has 1 aromatic heterocycles. The molecule has 2 unspecified atom stereocenters. The van der Waals surface area contributed by atoms with E-state index in [1.54, 1.807) is 0 Å². The Morgan fingerprint density at radius 1 is 1.14 bits per heavy atom. The van der Waals surface area contributed by atoms with Crippen LogP contribution in [0.25, 0.3) is 0 Å². The Morgan fingerprint density at radius 2 is 1.86 bits per heavy atom. The number of rotatable bonds is 6. The average molecular weight is 287 g/mol. The Morgan fingerprint density at radius 3 is 2.43 bits per heavy atom. The fourth-order valence-electron chi connectivity index (χ4n) is 2.38. The van der Waals surface area contributed by atoms with Crippen LogP contribution in [0, 0.1) is 6.92 Å². The monoisotopic (exact) mass is 287 g/mol. The van der Waals surface area contributed by atoms with Gasteiger partial charge in [-0.15, -0.1) is 0 Å². The van der Waals surface area contributed by atoms with E-state index >= 15 is 0 Å². The van der Waals surface area contributed by atoms with Gasteiger partial charge in [0.05, 0.1) is 0 Å².